The van der Waals surface area contributed by atoms with E-state index in [0.717, 1.165) is 10.3 Å². The molecule has 82 valence electrons. The Morgan fingerprint density at radius 2 is 1.65 bits per heavy atom. The van der Waals surface area contributed by atoms with Crippen molar-refractivity contribution in [3.05, 3.63) is 70.9 Å². The monoisotopic (exact) mass is 222 g/mol. The molecule has 2 aromatic rings. The zero-order chi connectivity index (χ0) is 12.1. The van der Waals surface area contributed by atoms with Crippen LogP contribution in [0, 0.1) is 16.5 Å². The minimum Gasteiger partial charge on any atom is -0.618 e. The Labute approximate surface area is 99.5 Å². The topological polar surface area (TPSA) is 49.9 Å². The highest BCUT2D eigenvalue weighted by Gasteiger charge is 2.00. The van der Waals surface area contributed by atoms with Gasteiger partial charge in [0.2, 0.25) is 5.69 Å². The van der Waals surface area contributed by atoms with Crippen LogP contribution in [0.2, 0.25) is 0 Å². The van der Waals surface area contributed by atoms with E-state index in [9.17, 15) is 5.21 Å². The predicted octanol–water partition coefficient (Wildman–Crippen LogP) is 2.82. The highest BCUT2D eigenvalue weighted by Crippen LogP contribution is 2.09. The molecule has 0 aliphatic rings. The Balaban J connectivity index is 2.27. The molecular weight excluding hydrogens is 212 g/mol. The van der Waals surface area contributed by atoms with Gasteiger partial charge in [-0.05, 0) is 24.3 Å². The third kappa shape index (κ3) is 2.70. The lowest BCUT2D eigenvalue weighted by Gasteiger charge is -2.02. The van der Waals surface area contributed by atoms with E-state index in [-0.39, 0.29) is 0 Å². The fraction of sp³-hybridized carbons (Fsp3) is 0. The van der Waals surface area contributed by atoms with Crippen LogP contribution in [0.4, 0.5) is 5.69 Å². The van der Waals surface area contributed by atoms with Crippen LogP contribution < -0.4 is 0 Å². The van der Waals surface area contributed by atoms with E-state index in [4.69, 9.17) is 5.26 Å². The van der Waals surface area contributed by atoms with Crippen molar-refractivity contribution in [2.75, 3.05) is 0 Å². The first-order valence-electron chi connectivity index (χ1n) is 5.16. The average molecular weight is 222 g/mol. The Kier molecular flexibility index (Phi) is 3.18. The third-order valence-electron chi connectivity index (χ3n) is 2.32. The Morgan fingerprint density at radius 1 is 1.00 bits per heavy atom. The molecule has 0 fully saturated rings. The van der Waals surface area contributed by atoms with Crippen molar-refractivity contribution < 1.29 is 4.74 Å². The van der Waals surface area contributed by atoms with Crippen molar-refractivity contribution in [3.63, 3.8) is 0 Å². The molecule has 0 N–H and O–H groups in total. The largest absolute Gasteiger partial charge is 0.618 e. The number of hydrogen-bond acceptors (Lipinski definition) is 2. The smallest absolute Gasteiger partial charge is 0.216 e. The van der Waals surface area contributed by atoms with E-state index in [2.05, 4.69) is 0 Å². The first-order chi connectivity index (χ1) is 8.29. The van der Waals surface area contributed by atoms with Crippen molar-refractivity contribution >= 4 is 11.9 Å². The number of nitrogens with zero attached hydrogens (tertiary/aromatic N) is 2. The highest BCUT2D eigenvalue weighted by molar-refractivity contribution is 5.76. The molecule has 0 radical (unpaired) electrons. The molecule has 0 saturated heterocycles. The van der Waals surface area contributed by atoms with Crippen molar-refractivity contribution in [3.8, 4) is 6.07 Å². The van der Waals surface area contributed by atoms with Gasteiger partial charge in [-0.25, -0.2) is 0 Å². The maximum atomic E-state index is 11.8. The molecule has 2 aromatic carbocycles. The summed E-state index contributed by atoms with van der Waals surface area (Å²) in [6.45, 7) is 0. The second-order valence-corrected chi connectivity index (χ2v) is 3.52. The summed E-state index contributed by atoms with van der Waals surface area (Å²) in [6.07, 6.45) is 1.48. The van der Waals surface area contributed by atoms with Gasteiger partial charge in [0.05, 0.1) is 11.6 Å². The average Bonchev–Trinajstić information content (AvgIpc) is 2.40. The second-order valence-electron chi connectivity index (χ2n) is 3.52. The maximum Gasteiger partial charge on any atom is 0.216 e. The van der Waals surface area contributed by atoms with E-state index in [1.54, 1.807) is 36.4 Å². The quantitative estimate of drug-likeness (QED) is 0.339. The number of hydrogen-bond donors (Lipinski definition) is 0. The zero-order valence-corrected chi connectivity index (χ0v) is 9.08. The number of para-hydroxylation sites is 1. The predicted molar refractivity (Wildman–Crippen MR) is 66.1 cm³/mol. The minimum atomic E-state index is 0.580. The number of rotatable bonds is 2. The lowest BCUT2D eigenvalue weighted by Crippen LogP contribution is -1.98. The van der Waals surface area contributed by atoms with Gasteiger partial charge in [-0.1, -0.05) is 18.2 Å². The van der Waals surface area contributed by atoms with Crippen molar-refractivity contribution in [2.45, 2.75) is 0 Å². The summed E-state index contributed by atoms with van der Waals surface area (Å²) in [5.74, 6) is 0. The fourth-order valence-electron chi connectivity index (χ4n) is 1.43. The molecule has 0 aliphatic heterocycles. The van der Waals surface area contributed by atoms with Gasteiger partial charge in [0.15, 0.2) is 6.21 Å². The van der Waals surface area contributed by atoms with Crippen LogP contribution >= 0.6 is 0 Å². The molecule has 0 aliphatic carbocycles. The van der Waals surface area contributed by atoms with Crippen LogP contribution in [0.25, 0.3) is 0 Å². The van der Waals surface area contributed by atoms with Crippen LogP contribution in [-0.4, -0.2) is 11.0 Å². The molecule has 0 amide bonds. The van der Waals surface area contributed by atoms with Gasteiger partial charge in [-0.2, -0.15) is 10.0 Å². The second kappa shape index (κ2) is 4.95. The van der Waals surface area contributed by atoms with Crippen molar-refractivity contribution in [1.29, 1.82) is 5.26 Å². The molecule has 0 bridgehead atoms. The molecule has 0 spiro atoms. The number of nitriles is 1. The van der Waals surface area contributed by atoms with Crippen LogP contribution in [0.15, 0.2) is 54.6 Å². The summed E-state index contributed by atoms with van der Waals surface area (Å²) in [6, 6.07) is 17.9. The van der Waals surface area contributed by atoms with Gasteiger partial charge < -0.3 is 5.21 Å². The summed E-state index contributed by atoms with van der Waals surface area (Å²) >= 11 is 0. The standard InChI is InChI=1S/C14H10N2O/c15-10-12-6-8-13(9-7-12)11-16(17)14-4-2-1-3-5-14/h1-9,11H/b16-11+. The van der Waals surface area contributed by atoms with Crippen molar-refractivity contribution in [2.24, 2.45) is 0 Å². The molecule has 3 heteroatoms. The van der Waals surface area contributed by atoms with Gasteiger partial charge in [0.1, 0.15) is 0 Å². The molecule has 0 saturated carbocycles. The summed E-state index contributed by atoms with van der Waals surface area (Å²) in [5.41, 5.74) is 1.93. The molecule has 2 rings (SSSR count). The van der Waals surface area contributed by atoms with Gasteiger partial charge in [-0.15, -0.1) is 0 Å². The molecule has 0 aromatic heterocycles. The fourth-order valence-corrected chi connectivity index (χ4v) is 1.43. The van der Waals surface area contributed by atoms with E-state index in [0.29, 0.717) is 11.3 Å². The first kappa shape index (κ1) is 10.9. The van der Waals surface area contributed by atoms with Gasteiger partial charge in [-0.3, -0.25) is 0 Å². The Bertz CT molecular complexity index is 565. The van der Waals surface area contributed by atoms with Gasteiger partial charge >= 0.3 is 0 Å². The first-order valence-corrected chi connectivity index (χ1v) is 5.16. The molecule has 0 heterocycles. The minimum absolute atomic E-state index is 0.580. The number of benzene rings is 2. The Hall–Kier alpha value is -2.60. The molecule has 0 unspecified atom stereocenters. The summed E-state index contributed by atoms with van der Waals surface area (Å²) in [4.78, 5) is 0. The van der Waals surface area contributed by atoms with Crippen LogP contribution in [-0.2, 0) is 0 Å². The SMILES string of the molecule is N#Cc1ccc(/C=[N+](/[O-])c2ccccc2)cc1. The van der Waals surface area contributed by atoms with Gasteiger partial charge in [0, 0.05) is 17.7 Å². The van der Waals surface area contributed by atoms with Crippen LogP contribution in [0.3, 0.4) is 0 Å². The summed E-state index contributed by atoms with van der Waals surface area (Å²) in [7, 11) is 0. The van der Waals surface area contributed by atoms with Gasteiger partial charge in [0.25, 0.3) is 0 Å². The lowest BCUT2D eigenvalue weighted by atomic mass is 10.2. The maximum absolute atomic E-state index is 11.8. The molecule has 17 heavy (non-hydrogen) atoms. The lowest BCUT2D eigenvalue weighted by molar-refractivity contribution is -0.354. The molecular formula is C14H10N2O. The van der Waals surface area contributed by atoms with Crippen LogP contribution in [0.1, 0.15) is 11.1 Å². The summed E-state index contributed by atoms with van der Waals surface area (Å²) < 4.78 is 0.807. The third-order valence-corrected chi connectivity index (χ3v) is 2.32. The zero-order valence-electron chi connectivity index (χ0n) is 9.08. The summed E-state index contributed by atoms with van der Waals surface area (Å²) in [5, 5.41) is 20.4. The molecule has 0 atom stereocenters. The van der Waals surface area contributed by atoms with Crippen LogP contribution in [0.5, 0.6) is 0 Å². The van der Waals surface area contributed by atoms with E-state index < -0.39 is 0 Å². The van der Waals surface area contributed by atoms with E-state index >= 15 is 0 Å². The Morgan fingerprint density at radius 3 is 2.24 bits per heavy atom. The molecule has 3 nitrogen and oxygen atoms in total. The van der Waals surface area contributed by atoms with E-state index in [1.165, 1.54) is 6.21 Å². The highest BCUT2D eigenvalue weighted by atomic mass is 16.5. The van der Waals surface area contributed by atoms with E-state index in [1.807, 2.05) is 24.3 Å². The van der Waals surface area contributed by atoms with Crippen molar-refractivity contribution in [1.82, 2.24) is 0 Å². The normalized spacial score (nSPS) is 10.9.